The van der Waals surface area contributed by atoms with Crippen LogP contribution >= 0.6 is 0 Å². The zero-order valence-corrected chi connectivity index (χ0v) is 17.9. The van der Waals surface area contributed by atoms with Crippen LogP contribution in [-0.4, -0.2) is 47.3 Å². The maximum atomic E-state index is 13.3. The van der Waals surface area contributed by atoms with E-state index in [0.29, 0.717) is 12.8 Å². The van der Waals surface area contributed by atoms with E-state index in [0.717, 1.165) is 34.7 Å². The van der Waals surface area contributed by atoms with Crippen LogP contribution in [0.1, 0.15) is 17.7 Å². The van der Waals surface area contributed by atoms with Crippen LogP contribution in [0.25, 0.3) is 11.8 Å². The summed E-state index contributed by atoms with van der Waals surface area (Å²) in [5.41, 5.74) is 2.66. The summed E-state index contributed by atoms with van der Waals surface area (Å²) in [6.45, 7) is 0.166. The van der Waals surface area contributed by atoms with Gasteiger partial charge < -0.3 is 5.11 Å². The summed E-state index contributed by atoms with van der Waals surface area (Å²) in [7, 11) is -3.82. The highest BCUT2D eigenvalue weighted by atomic mass is 32.2. The molecule has 1 atom stereocenters. The molecule has 1 N–H and O–H groups in total. The summed E-state index contributed by atoms with van der Waals surface area (Å²) < 4.78 is 56.0. The summed E-state index contributed by atoms with van der Waals surface area (Å²) in [4.78, 5) is 0.0278. The van der Waals surface area contributed by atoms with Crippen LogP contribution in [0.5, 0.6) is 0 Å². The van der Waals surface area contributed by atoms with Crippen molar-refractivity contribution in [2.75, 3.05) is 19.7 Å². The average Bonchev–Trinajstić information content (AvgIpc) is 3.20. The first kappa shape index (κ1) is 21.0. The van der Waals surface area contributed by atoms with Crippen molar-refractivity contribution in [3.8, 4) is 5.69 Å². The van der Waals surface area contributed by atoms with Crippen LogP contribution < -0.4 is 0 Å². The molecule has 0 amide bonds. The van der Waals surface area contributed by atoms with E-state index in [-0.39, 0.29) is 30.4 Å². The number of fused-ring (bicyclic) bond motifs is 2. The van der Waals surface area contributed by atoms with Gasteiger partial charge in [-0.15, -0.1) is 0 Å². The van der Waals surface area contributed by atoms with Gasteiger partial charge in [0.15, 0.2) is 0 Å². The van der Waals surface area contributed by atoms with Gasteiger partial charge in [-0.25, -0.2) is 21.9 Å². The van der Waals surface area contributed by atoms with Crippen molar-refractivity contribution in [2.45, 2.75) is 17.7 Å². The lowest BCUT2D eigenvalue weighted by molar-refractivity contribution is 0.111. The predicted molar refractivity (Wildman–Crippen MR) is 114 cm³/mol. The number of hydrogen-bond donors (Lipinski definition) is 1. The predicted octanol–water partition coefficient (Wildman–Crippen LogP) is 3.16. The molecule has 32 heavy (non-hydrogen) atoms. The Balaban J connectivity index is 1.49. The van der Waals surface area contributed by atoms with Gasteiger partial charge in [0.2, 0.25) is 10.0 Å². The zero-order valence-electron chi connectivity index (χ0n) is 17.1. The Bertz CT molecular complexity index is 1300. The largest absolute Gasteiger partial charge is 0.395 e. The minimum atomic E-state index is -3.82. The van der Waals surface area contributed by atoms with Gasteiger partial charge in [0.25, 0.3) is 0 Å². The molecule has 6 nitrogen and oxygen atoms in total. The van der Waals surface area contributed by atoms with E-state index in [4.69, 9.17) is 0 Å². The van der Waals surface area contributed by atoms with E-state index in [9.17, 15) is 22.3 Å². The summed E-state index contributed by atoms with van der Waals surface area (Å²) in [5, 5.41) is 14.8. The maximum absolute atomic E-state index is 13.3. The second kappa shape index (κ2) is 7.61. The molecule has 1 aliphatic carbocycles. The Kier molecular flexibility index (Phi) is 4.99. The Morgan fingerprint density at radius 2 is 1.69 bits per heavy atom. The summed E-state index contributed by atoms with van der Waals surface area (Å²) in [5.74, 6) is -0.834. The third-order valence-corrected chi connectivity index (χ3v) is 8.20. The number of rotatable bonds is 4. The molecule has 2 heterocycles. The van der Waals surface area contributed by atoms with Crippen molar-refractivity contribution >= 4 is 16.1 Å². The molecule has 1 unspecified atom stereocenters. The maximum Gasteiger partial charge on any atom is 0.243 e. The van der Waals surface area contributed by atoms with Crippen molar-refractivity contribution in [1.82, 2.24) is 14.1 Å². The molecule has 1 aliphatic heterocycles. The first-order valence-electron chi connectivity index (χ1n) is 10.2. The Hall–Kier alpha value is -2.88. The van der Waals surface area contributed by atoms with Gasteiger partial charge in [-0.1, -0.05) is 5.57 Å². The molecule has 0 spiro atoms. The number of aliphatic hydroxyl groups is 1. The molecule has 1 fully saturated rings. The van der Waals surface area contributed by atoms with Gasteiger partial charge in [0.05, 0.1) is 29.1 Å². The summed E-state index contributed by atoms with van der Waals surface area (Å²) >= 11 is 0. The Morgan fingerprint density at radius 1 is 1.03 bits per heavy atom. The van der Waals surface area contributed by atoms with Crippen molar-refractivity contribution in [1.29, 1.82) is 0 Å². The van der Waals surface area contributed by atoms with Crippen molar-refractivity contribution in [2.24, 2.45) is 5.41 Å². The van der Waals surface area contributed by atoms with E-state index in [1.807, 2.05) is 6.08 Å². The fourth-order valence-corrected chi connectivity index (χ4v) is 6.12. The van der Waals surface area contributed by atoms with Gasteiger partial charge >= 0.3 is 0 Å². The third kappa shape index (κ3) is 3.37. The Morgan fingerprint density at radius 3 is 2.34 bits per heavy atom. The molecule has 0 radical (unpaired) electrons. The van der Waals surface area contributed by atoms with Crippen molar-refractivity contribution in [3.05, 3.63) is 83.2 Å². The number of aromatic nitrogens is 2. The molecule has 2 aromatic carbocycles. The van der Waals surface area contributed by atoms with Crippen molar-refractivity contribution < 1.29 is 22.3 Å². The molecule has 5 rings (SSSR count). The van der Waals surface area contributed by atoms with Crippen LogP contribution in [0.15, 0.2) is 65.2 Å². The fourth-order valence-electron chi connectivity index (χ4n) is 4.59. The number of aliphatic hydroxyl groups excluding tert-OH is 1. The van der Waals surface area contributed by atoms with E-state index < -0.39 is 21.3 Å². The fraction of sp³-hybridized carbons (Fsp3) is 0.261. The number of halogens is 2. The standard InChI is InChI=1S/C23H21F2N3O3S/c24-18-1-5-20(6-2-18)28-22-11-17-9-10-27(14-23(17,15-29)12-16(22)13-26-28)32(30,31)21-7-3-19(25)4-8-21/h1-8,11,13,29H,9-10,12,14-15H2. The lowest BCUT2D eigenvalue weighted by Crippen LogP contribution is -2.51. The van der Waals surface area contributed by atoms with E-state index in [2.05, 4.69) is 5.10 Å². The van der Waals surface area contributed by atoms with E-state index in [1.54, 1.807) is 23.0 Å². The third-order valence-electron chi connectivity index (χ3n) is 6.34. The second-order valence-corrected chi connectivity index (χ2v) is 10.2. The number of benzene rings is 2. The molecule has 2 aliphatic rings. The molecule has 1 saturated heterocycles. The first-order chi connectivity index (χ1) is 15.3. The molecule has 0 bridgehead atoms. The van der Waals surface area contributed by atoms with Crippen LogP contribution in [0.2, 0.25) is 0 Å². The second-order valence-electron chi connectivity index (χ2n) is 8.27. The van der Waals surface area contributed by atoms with E-state index in [1.165, 1.54) is 28.6 Å². The van der Waals surface area contributed by atoms with Crippen LogP contribution in [0, 0.1) is 17.0 Å². The van der Waals surface area contributed by atoms with Crippen LogP contribution in [-0.2, 0) is 16.4 Å². The highest BCUT2D eigenvalue weighted by Crippen LogP contribution is 2.45. The number of hydrogen-bond acceptors (Lipinski definition) is 4. The molecular weight excluding hydrogens is 436 g/mol. The monoisotopic (exact) mass is 457 g/mol. The lowest BCUT2D eigenvalue weighted by atomic mass is 9.69. The minimum Gasteiger partial charge on any atom is -0.395 e. The summed E-state index contributed by atoms with van der Waals surface area (Å²) in [6.07, 6.45) is 4.56. The van der Waals surface area contributed by atoms with Crippen LogP contribution in [0.3, 0.4) is 0 Å². The molecule has 166 valence electrons. The van der Waals surface area contributed by atoms with Gasteiger partial charge in [0, 0.05) is 18.5 Å². The summed E-state index contributed by atoms with van der Waals surface area (Å²) in [6, 6.07) is 10.8. The first-order valence-corrected chi connectivity index (χ1v) is 11.7. The topological polar surface area (TPSA) is 75.4 Å². The molecule has 0 saturated carbocycles. The average molecular weight is 458 g/mol. The number of sulfonamides is 1. The quantitative estimate of drug-likeness (QED) is 0.653. The molecular formula is C23H21F2N3O3S. The SMILES string of the molecule is O=S(=O)(c1ccc(F)cc1)N1CCC2=Cc3c(cnn3-c3ccc(F)cc3)CC2(CO)C1. The van der Waals surface area contributed by atoms with Gasteiger partial charge in [0.1, 0.15) is 11.6 Å². The van der Waals surface area contributed by atoms with E-state index >= 15 is 0 Å². The van der Waals surface area contributed by atoms with Crippen molar-refractivity contribution in [3.63, 3.8) is 0 Å². The molecule has 1 aromatic heterocycles. The zero-order chi connectivity index (χ0) is 22.5. The van der Waals surface area contributed by atoms with Gasteiger partial charge in [-0.3, -0.25) is 0 Å². The highest BCUT2D eigenvalue weighted by Gasteiger charge is 2.45. The number of piperidine rings is 1. The normalized spacial score (nSPS) is 21.0. The molecule has 9 heteroatoms. The highest BCUT2D eigenvalue weighted by molar-refractivity contribution is 7.89. The lowest BCUT2D eigenvalue weighted by Gasteiger charge is -2.45. The Labute approximate surface area is 184 Å². The van der Waals surface area contributed by atoms with Crippen LogP contribution in [0.4, 0.5) is 8.78 Å². The van der Waals surface area contributed by atoms with Gasteiger partial charge in [-0.05, 0) is 73.0 Å². The van der Waals surface area contributed by atoms with Gasteiger partial charge in [-0.2, -0.15) is 9.40 Å². The number of nitrogens with zero attached hydrogens (tertiary/aromatic N) is 3. The minimum absolute atomic E-state index is 0.0278. The molecule has 3 aromatic rings. The smallest absolute Gasteiger partial charge is 0.243 e.